The van der Waals surface area contributed by atoms with Gasteiger partial charge >= 0.3 is 0 Å². The van der Waals surface area contributed by atoms with Gasteiger partial charge in [-0.2, -0.15) is 0 Å². The lowest BCUT2D eigenvalue weighted by molar-refractivity contribution is -0.146. The molecule has 2 amide bonds. The SMILES string of the molecule is COC1(C(=O)NCCCN2CCCCCC2=O)CCNCC1. The van der Waals surface area contributed by atoms with Crippen LogP contribution < -0.4 is 10.6 Å². The number of nitrogens with one attached hydrogen (secondary N) is 2. The van der Waals surface area contributed by atoms with Gasteiger partial charge in [-0.05, 0) is 45.2 Å². The van der Waals surface area contributed by atoms with E-state index < -0.39 is 5.60 Å². The molecule has 0 aromatic heterocycles. The van der Waals surface area contributed by atoms with Crippen molar-refractivity contribution >= 4 is 11.8 Å². The molecule has 2 fully saturated rings. The number of hydrogen-bond donors (Lipinski definition) is 2. The standard InChI is InChI=1S/C16H29N3O3/c1-22-16(7-10-17-11-8-16)15(21)18-9-5-13-19-12-4-2-3-6-14(19)20/h17H,2-13H2,1H3,(H,18,21). The molecule has 2 heterocycles. The zero-order valence-corrected chi connectivity index (χ0v) is 13.7. The van der Waals surface area contributed by atoms with Crippen molar-refractivity contribution in [1.29, 1.82) is 0 Å². The van der Waals surface area contributed by atoms with Crippen molar-refractivity contribution in [3.05, 3.63) is 0 Å². The number of amides is 2. The second kappa shape index (κ2) is 8.48. The monoisotopic (exact) mass is 311 g/mol. The predicted octanol–water partition coefficient (Wildman–Crippen LogP) is 0.664. The summed E-state index contributed by atoms with van der Waals surface area (Å²) in [5, 5.41) is 6.23. The van der Waals surface area contributed by atoms with Crippen molar-refractivity contribution in [2.75, 3.05) is 39.8 Å². The van der Waals surface area contributed by atoms with Gasteiger partial charge in [0, 0.05) is 33.2 Å². The van der Waals surface area contributed by atoms with Crippen molar-refractivity contribution in [3.63, 3.8) is 0 Å². The second-order valence-electron chi connectivity index (χ2n) is 6.25. The van der Waals surface area contributed by atoms with E-state index in [1.807, 2.05) is 4.90 Å². The molecule has 0 spiro atoms. The van der Waals surface area contributed by atoms with Crippen LogP contribution in [0.4, 0.5) is 0 Å². The molecule has 2 aliphatic rings. The van der Waals surface area contributed by atoms with E-state index >= 15 is 0 Å². The minimum atomic E-state index is -0.677. The number of carbonyl (C=O) groups excluding carboxylic acids is 2. The molecule has 126 valence electrons. The Morgan fingerprint density at radius 3 is 2.82 bits per heavy atom. The molecule has 0 saturated carbocycles. The Kier molecular flexibility index (Phi) is 6.64. The van der Waals surface area contributed by atoms with Crippen LogP contribution in [0.3, 0.4) is 0 Å². The summed E-state index contributed by atoms with van der Waals surface area (Å²) in [7, 11) is 1.61. The van der Waals surface area contributed by atoms with E-state index in [1.54, 1.807) is 7.11 Å². The third-order valence-electron chi connectivity index (χ3n) is 4.78. The zero-order valence-electron chi connectivity index (χ0n) is 13.7. The molecule has 0 unspecified atom stereocenters. The molecule has 2 saturated heterocycles. The van der Waals surface area contributed by atoms with Crippen molar-refractivity contribution in [2.45, 2.75) is 50.5 Å². The molecule has 0 aliphatic carbocycles. The number of rotatable bonds is 6. The van der Waals surface area contributed by atoms with Crippen LogP contribution in [0.15, 0.2) is 0 Å². The number of methoxy groups -OCH3 is 1. The highest BCUT2D eigenvalue weighted by Crippen LogP contribution is 2.22. The molecule has 2 rings (SSSR count). The van der Waals surface area contributed by atoms with Gasteiger partial charge in [0.15, 0.2) is 0 Å². The highest BCUT2D eigenvalue weighted by molar-refractivity contribution is 5.85. The number of hydrogen-bond acceptors (Lipinski definition) is 4. The average Bonchev–Trinajstić information content (AvgIpc) is 2.76. The first-order valence-corrected chi connectivity index (χ1v) is 8.50. The maximum absolute atomic E-state index is 12.4. The van der Waals surface area contributed by atoms with Gasteiger partial charge in [-0.3, -0.25) is 9.59 Å². The molecule has 2 aliphatic heterocycles. The largest absolute Gasteiger partial charge is 0.368 e. The second-order valence-corrected chi connectivity index (χ2v) is 6.25. The number of ether oxygens (including phenoxy) is 1. The van der Waals surface area contributed by atoms with Crippen LogP contribution in [0.25, 0.3) is 0 Å². The number of carbonyl (C=O) groups is 2. The summed E-state index contributed by atoms with van der Waals surface area (Å²) in [6.45, 7) is 3.81. The molecule has 22 heavy (non-hydrogen) atoms. The Morgan fingerprint density at radius 1 is 1.32 bits per heavy atom. The lowest BCUT2D eigenvalue weighted by Gasteiger charge is -2.34. The van der Waals surface area contributed by atoms with E-state index in [2.05, 4.69) is 10.6 Å². The highest BCUT2D eigenvalue weighted by atomic mass is 16.5. The lowest BCUT2D eigenvalue weighted by Crippen LogP contribution is -2.54. The smallest absolute Gasteiger partial charge is 0.252 e. The predicted molar refractivity (Wildman–Crippen MR) is 84.5 cm³/mol. The third kappa shape index (κ3) is 4.43. The molecule has 0 bridgehead atoms. The Hall–Kier alpha value is -1.14. The van der Waals surface area contributed by atoms with Gasteiger partial charge in [-0.1, -0.05) is 6.42 Å². The first-order chi connectivity index (χ1) is 10.7. The van der Waals surface area contributed by atoms with Crippen LogP contribution in [0.2, 0.25) is 0 Å². The van der Waals surface area contributed by atoms with Crippen molar-refractivity contribution < 1.29 is 14.3 Å². The topological polar surface area (TPSA) is 70.7 Å². The summed E-state index contributed by atoms with van der Waals surface area (Å²) in [4.78, 5) is 26.2. The van der Waals surface area contributed by atoms with Crippen LogP contribution in [0.5, 0.6) is 0 Å². The minimum Gasteiger partial charge on any atom is -0.368 e. The Bertz CT molecular complexity index is 381. The van der Waals surface area contributed by atoms with Gasteiger partial charge in [0.2, 0.25) is 5.91 Å². The summed E-state index contributed by atoms with van der Waals surface area (Å²) in [6, 6.07) is 0. The van der Waals surface area contributed by atoms with E-state index in [9.17, 15) is 9.59 Å². The van der Waals surface area contributed by atoms with Crippen LogP contribution in [0, 0.1) is 0 Å². The Morgan fingerprint density at radius 2 is 2.09 bits per heavy atom. The molecular formula is C16H29N3O3. The highest BCUT2D eigenvalue weighted by Gasteiger charge is 2.39. The van der Waals surface area contributed by atoms with Crippen molar-refractivity contribution in [3.8, 4) is 0 Å². The molecule has 6 nitrogen and oxygen atoms in total. The molecule has 2 N–H and O–H groups in total. The fourth-order valence-corrected chi connectivity index (χ4v) is 3.26. The maximum atomic E-state index is 12.4. The van der Waals surface area contributed by atoms with Gasteiger partial charge < -0.3 is 20.3 Å². The van der Waals surface area contributed by atoms with E-state index in [1.165, 1.54) is 0 Å². The summed E-state index contributed by atoms with van der Waals surface area (Å²) in [5.41, 5.74) is -0.677. The van der Waals surface area contributed by atoms with Crippen LogP contribution >= 0.6 is 0 Å². The molecular weight excluding hydrogens is 282 g/mol. The number of nitrogens with zero attached hydrogens (tertiary/aromatic N) is 1. The third-order valence-corrected chi connectivity index (χ3v) is 4.78. The average molecular weight is 311 g/mol. The van der Waals surface area contributed by atoms with Gasteiger partial charge in [0.25, 0.3) is 5.91 Å². The number of likely N-dealkylation sites (tertiary alicyclic amines) is 1. The first kappa shape index (κ1) is 17.2. The van der Waals surface area contributed by atoms with Gasteiger partial charge in [-0.25, -0.2) is 0 Å². The zero-order chi connectivity index (χ0) is 15.8. The van der Waals surface area contributed by atoms with E-state index in [-0.39, 0.29) is 11.8 Å². The van der Waals surface area contributed by atoms with Crippen LogP contribution in [-0.4, -0.2) is 62.1 Å². The van der Waals surface area contributed by atoms with Crippen molar-refractivity contribution in [1.82, 2.24) is 15.5 Å². The lowest BCUT2D eigenvalue weighted by atomic mass is 9.91. The summed E-state index contributed by atoms with van der Waals surface area (Å²) < 4.78 is 5.50. The Labute approximate surface area is 132 Å². The van der Waals surface area contributed by atoms with Crippen LogP contribution in [-0.2, 0) is 14.3 Å². The summed E-state index contributed by atoms with van der Waals surface area (Å²) in [5.74, 6) is 0.245. The fraction of sp³-hybridized carbons (Fsp3) is 0.875. The van der Waals surface area contributed by atoms with E-state index in [0.29, 0.717) is 25.8 Å². The molecule has 0 aromatic carbocycles. The summed E-state index contributed by atoms with van der Waals surface area (Å²) >= 11 is 0. The van der Waals surface area contributed by atoms with Crippen LogP contribution in [0.1, 0.15) is 44.9 Å². The van der Waals surface area contributed by atoms with Crippen molar-refractivity contribution in [2.24, 2.45) is 0 Å². The fourth-order valence-electron chi connectivity index (χ4n) is 3.26. The van der Waals surface area contributed by atoms with Gasteiger partial charge in [-0.15, -0.1) is 0 Å². The molecule has 6 heteroatoms. The minimum absolute atomic E-state index is 0.0151. The Balaban J connectivity index is 1.71. The van der Waals surface area contributed by atoms with Gasteiger partial charge in [0.05, 0.1) is 0 Å². The first-order valence-electron chi connectivity index (χ1n) is 8.50. The van der Waals surface area contributed by atoms with Gasteiger partial charge in [0.1, 0.15) is 5.60 Å². The van der Waals surface area contributed by atoms with E-state index in [0.717, 1.165) is 51.9 Å². The van der Waals surface area contributed by atoms with E-state index in [4.69, 9.17) is 4.74 Å². The molecule has 0 atom stereocenters. The normalized spacial score (nSPS) is 22.2. The summed E-state index contributed by atoms with van der Waals surface area (Å²) in [6.07, 6.45) is 6.14. The molecule has 0 radical (unpaired) electrons. The molecule has 0 aromatic rings. The number of piperidine rings is 1. The quantitative estimate of drug-likeness (QED) is 0.707. The maximum Gasteiger partial charge on any atom is 0.252 e.